The van der Waals surface area contributed by atoms with Crippen LogP contribution in [0.25, 0.3) is 0 Å². The van der Waals surface area contributed by atoms with Gasteiger partial charge in [-0.3, -0.25) is 0 Å². The van der Waals surface area contributed by atoms with Crippen molar-refractivity contribution in [3.63, 3.8) is 0 Å². The van der Waals surface area contributed by atoms with Crippen LogP contribution in [0.1, 0.15) is 40.5 Å². The highest BCUT2D eigenvalue weighted by Gasteiger charge is 2.30. The lowest BCUT2D eigenvalue weighted by Gasteiger charge is -2.30. The van der Waals surface area contributed by atoms with Crippen LogP contribution in [-0.4, -0.2) is 30.3 Å². The van der Waals surface area contributed by atoms with E-state index in [-0.39, 0.29) is 16.9 Å². The maximum atomic E-state index is 12.8. The van der Waals surface area contributed by atoms with E-state index in [1.165, 1.54) is 18.3 Å². The van der Waals surface area contributed by atoms with Crippen LogP contribution in [-0.2, 0) is 10.0 Å². The molecule has 0 bridgehead atoms. The number of rotatable bonds is 7. The van der Waals surface area contributed by atoms with E-state index >= 15 is 0 Å². The van der Waals surface area contributed by atoms with Gasteiger partial charge in [-0.15, -0.1) is 0 Å². The van der Waals surface area contributed by atoms with Crippen molar-refractivity contribution in [3.05, 3.63) is 23.5 Å². The van der Waals surface area contributed by atoms with E-state index in [1.807, 2.05) is 27.7 Å². The minimum Gasteiger partial charge on any atom is -0.243 e. The minimum absolute atomic E-state index is 0.0121. The van der Waals surface area contributed by atoms with Gasteiger partial charge in [-0.25, -0.2) is 13.4 Å². The van der Waals surface area contributed by atoms with Gasteiger partial charge in [0.2, 0.25) is 10.0 Å². The predicted octanol–water partition coefficient (Wildman–Crippen LogP) is 3.57. The van der Waals surface area contributed by atoms with Crippen LogP contribution in [0.15, 0.2) is 23.2 Å². The monoisotopic (exact) mass is 318 g/mol. The fourth-order valence-electron chi connectivity index (χ4n) is 2.15. The summed E-state index contributed by atoms with van der Waals surface area (Å²) >= 11 is 5.72. The molecule has 0 spiro atoms. The summed E-state index contributed by atoms with van der Waals surface area (Å²) in [5.41, 5.74) is 0. The van der Waals surface area contributed by atoms with Crippen molar-refractivity contribution in [3.8, 4) is 0 Å². The largest absolute Gasteiger partial charge is 0.244 e. The summed E-state index contributed by atoms with van der Waals surface area (Å²) in [7, 11) is -3.52. The second kappa shape index (κ2) is 7.38. The lowest BCUT2D eigenvalue weighted by atomic mass is 10.1. The number of hydrogen-bond acceptors (Lipinski definition) is 3. The van der Waals surface area contributed by atoms with E-state index in [2.05, 4.69) is 4.98 Å². The first kappa shape index (κ1) is 17.4. The molecule has 1 rings (SSSR count). The molecule has 20 heavy (non-hydrogen) atoms. The van der Waals surface area contributed by atoms with Crippen molar-refractivity contribution in [2.75, 3.05) is 6.54 Å². The Bertz CT molecular complexity index is 510. The van der Waals surface area contributed by atoms with E-state index in [4.69, 9.17) is 11.6 Å². The summed E-state index contributed by atoms with van der Waals surface area (Å²) in [6.07, 6.45) is 2.92. The fourth-order valence-corrected chi connectivity index (χ4v) is 4.14. The Morgan fingerprint density at radius 2 is 1.85 bits per heavy atom. The average Bonchev–Trinajstić information content (AvgIpc) is 2.39. The van der Waals surface area contributed by atoms with Crippen molar-refractivity contribution in [1.82, 2.24) is 9.29 Å². The molecule has 1 aromatic heterocycles. The number of sulfonamides is 1. The topological polar surface area (TPSA) is 50.3 Å². The lowest BCUT2D eigenvalue weighted by molar-refractivity contribution is 0.277. The third-order valence-corrected chi connectivity index (χ3v) is 5.33. The number of nitrogens with zero attached hydrogens (tertiary/aromatic N) is 2. The highest BCUT2D eigenvalue weighted by Crippen LogP contribution is 2.23. The van der Waals surface area contributed by atoms with Crippen molar-refractivity contribution in [2.45, 2.75) is 51.5 Å². The van der Waals surface area contributed by atoms with Gasteiger partial charge in [0.1, 0.15) is 10.0 Å². The molecule has 1 aromatic rings. The Hall–Kier alpha value is -0.650. The van der Waals surface area contributed by atoms with Gasteiger partial charge in [-0.2, -0.15) is 4.31 Å². The van der Waals surface area contributed by atoms with Crippen LogP contribution in [0.2, 0.25) is 5.15 Å². The predicted molar refractivity (Wildman–Crippen MR) is 82.3 cm³/mol. The molecule has 6 heteroatoms. The zero-order chi connectivity index (χ0) is 15.3. The molecule has 0 aliphatic carbocycles. The second-order valence-corrected chi connectivity index (χ2v) is 7.53. The Morgan fingerprint density at radius 3 is 2.25 bits per heavy atom. The summed E-state index contributed by atoms with van der Waals surface area (Å²) in [4.78, 5) is 4.08. The van der Waals surface area contributed by atoms with Crippen LogP contribution in [0.5, 0.6) is 0 Å². The number of hydrogen-bond donors (Lipinski definition) is 0. The third kappa shape index (κ3) is 4.17. The average molecular weight is 319 g/mol. The summed E-state index contributed by atoms with van der Waals surface area (Å²) in [5.74, 6) is 0.269. The maximum absolute atomic E-state index is 12.8. The summed E-state index contributed by atoms with van der Waals surface area (Å²) in [5, 5.41) is 0.293. The van der Waals surface area contributed by atoms with Crippen LogP contribution >= 0.6 is 11.6 Å². The van der Waals surface area contributed by atoms with Gasteiger partial charge in [0.25, 0.3) is 0 Å². The minimum atomic E-state index is -3.52. The maximum Gasteiger partial charge on any atom is 0.244 e. The van der Waals surface area contributed by atoms with Gasteiger partial charge in [0, 0.05) is 18.8 Å². The normalized spacial score (nSPS) is 12.6. The molecule has 0 amide bonds. The number of aromatic nitrogens is 1. The van der Waals surface area contributed by atoms with Crippen molar-refractivity contribution < 1.29 is 8.42 Å². The summed E-state index contributed by atoms with van der Waals surface area (Å²) < 4.78 is 27.2. The van der Waals surface area contributed by atoms with Crippen LogP contribution in [0.3, 0.4) is 0 Å². The van der Waals surface area contributed by atoms with Gasteiger partial charge < -0.3 is 0 Å². The van der Waals surface area contributed by atoms with Crippen LogP contribution < -0.4 is 0 Å². The first-order valence-electron chi connectivity index (χ1n) is 6.96. The van der Waals surface area contributed by atoms with Gasteiger partial charge in [-0.1, -0.05) is 39.3 Å². The molecule has 0 aliphatic heterocycles. The smallest absolute Gasteiger partial charge is 0.243 e. The lowest BCUT2D eigenvalue weighted by Crippen LogP contribution is -2.42. The fraction of sp³-hybridized carbons (Fsp3) is 0.643. The number of halogens is 1. The Kier molecular flexibility index (Phi) is 6.43. The van der Waals surface area contributed by atoms with E-state index < -0.39 is 10.0 Å². The molecule has 0 saturated heterocycles. The molecular formula is C14H23ClN2O2S. The van der Waals surface area contributed by atoms with E-state index in [0.717, 1.165) is 12.8 Å². The van der Waals surface area contributed by atoms with E-state index in [0.29, 0.717) is 11.7 Å². The molecule has 0 atom stereocenters. The van der Waals surface area contributed by atoms with Gasteiger partial charge in [-0.05, 0) is 30.9 Å². The molecule has 0 fully saturated rings. The molecule has 0 saturated carbocycles. The summed E-state index contributed by atoms with van der Waals surface area (Å²) in [6, 6.07) is 3.04. The zero-order valence-corrected chi connectivity index (χ0v) is 14.1. The standard InChI is InChI=1S/C14H23ClN2O2S/c1-5-12(6-2)17(10-11(3)4)20(18,19)13-7-8-14(15)16-9-13/h7-9,11-12H,5-6,10H2,1-4H3. The molecule has 0 aromatic carbocycles. The molecule has 114 valence electrons. The van der Waals surface area contributed by atoms with Gasteiger partial charge in [0.15, 0.2) is 0 Å². The quantitative estimate of drug-likeness (QED) is 0.722. The molecule has 0 unspecified atom stereocenters. The SMILES string of the molecule is CCC(CC)N(CC(C)C)S(=O)(=O)c1ccc(Cl)nc1. The van der Waals surface area contributed by atoms with Gasteiger partial charge >= 0.3 is 0 Å². The number of pyridine rings is 1. The van der Waals surface area contributed by atoms with Crippen molar-refractivity contribution >= 4 is 21.6 Å². The molecular weight excluding hydrogens is 296 g/mol. The Balaban J connectivity index is 3.19. The second-order valence-electron chi connectivity index (χ2n) is 5.26. The summed E-state index contributed by atoms with van der Waals surface area (Å²) in [6.45, 7) is 8.57. The van der Waals surface area contributed by atoms with E-state index in [9.17, 15) is 8.42 Å². The molecule has 0 N–H and O–H groups in total. The van der Waals surface area contributed by atoms with E-state index in [1.54, 1.807) is 4.31 Å². The third-order valence-electron chi connectivity index (χ3n) is 3.20. The Morgan fingerprint density at radius 1 is 1.25 bits per heavy atom. The van der Waals surface area contributed by atoms with Crippen LogP contribution in [0.4, 0.5) is 0 Å². The highest BCUT2D eigenvalue weighted by molar-refractivity contribution is 7.89. The zero-order valence-electron chi connectivity index (χ0n) is 12.5. The molecule has 0 aliphatic rings. The van der Waals surface area contributed by atoms with Gasteiger partial charge in [0.05, 0.1) is 0 Å². The highest BCUT2D eigenvalue weighted by atomic mass is 35.5. The molecule has 4 nitrogen and oxygen atoms in total. The molecule has 0 radical (unpaired) electrons. The molecule has 1 heterocycles. The first-order chi connectivity index (χ1) is 9.32. The van der Waals surface area contributed by atoms with Crippen molar-refractivity contribution in [2.24, 2.45) is 5.92 Å². The van der Waals surface area contributed by atoms with Crippen molar-refractivity contribution in [1.29, 1.82) is 0 Å². The first-order valence-corrected chi connectivity index (χ1v) is 8.78. The Labute approximate surface area is 127 Å². The van der Waals surface area contributed by atoms with Crippen LogP contribution in [0, 0.1) is 5.92 Å².